The molecule has 5 heterocycles. The van der Waals surface area contributed by atoms with E-state index in [2.05, 4.69) is 35.4 Å². The van der Waals surface area contributed by atoms with E-state index in [4.69, 9.17) is 9.47 Å². The minimum absolute atomic E-state index is 0.163. The van der Waals surface area contributed by atoms with Gasteiger partial charge in [0.2, 0.25) is 5.95 Å². The van der Waals surface area contributed by atoms with Crippen molar-refractivity contribution in [3.8, 4) is 5.75 Å². The third kappa shape index (κ3) is 5.74. The Labute approximate surface area is 232 Å². The van der Waals surface area contributed by atoms with Gasteiger partial charge in [-0.3, -0.25) is 24.4 Å². The van der Waals surface area contributed by atoms with E-state index >= 15 is 0 Å². The predicted octanol–water partition coefficient (Wildman–Crippen LogP) is 1.40. The van der Waals surface area contributed by atoms with Gasteiger partial charge in [0.05, 0.1) is 37.3 Å². The zero-order chi connectivity index (χ0) is 27.3. The number of anilines is 3. The molecule has 3 aromatic rings. The molecule has 6 rings (SSSR count). The molecule has 0 aliphatic carbocycles. The number of rotatable bonds is 8. The van der Waals surface area contributed by atoms with Crippen molar-refractivity contribution in [2.45, 2.75) is 6.54 Å². The van der Waals surface area contributed by atoms with Gasteiger partial charge in [-0.1, -0.05) is 6.07 Å². The molecule has 2 N–H and O–H groups in total. The summed E-state index contributed by atoms with van der Waals surface area (Å²) in [6.07, 6.45) is 4.85. The summed E-state index contributed by atoms with van der Waals surface area (Å²) in [6.45, 7) is 8.37. The topological polar surface area (TPSA) is 125 Å². The molecule has 3 aliphatic heterocycles. The fraction of sp³-hybridized carbons (Fsp3) is 0.393. The Morgan fingerprint density at radius 3 is 2.77 bits per heavy atom. The normalized spacial score (nSPS) is 17.6. The van der Waals surface area contributed by atoms with E-state index in [1.165, 1.54) is 17.2 Å². The molecule has 40 heavy (non-hydrogen) atoms. The van der Waals surface area contributed by atoms with Crippen LogP contribution in [0, 0.1) is 0 Å². The lowest BCUT2D eigenvalue weighted by Gasteiger charge is -2.30. The quantitative estimate of drug-likeness (QED) is 0.430. The Balaban J connectivity index is 1.12. The molecular weight excluding hydrogens is 512 g/mol. The maximum atomic E-state index is 13.3. The molecule has 0 spiro atoms. The smallest absolute Gasteiger partial charge is 0.274 e. The SMILES string of the molecule is O=C(Nc1cnccc1N1CCNCC1)c1ccnc(N2Cc3ccc(OCCN4CCOCC4)cc3C2=O)n1. The second-order valence-corrected chi connectivity index (χ2v) is 9.84. The number of carbonyl (C=O) groups is 2. The number of pyridine rings is 1. The molecule has 12 heteroatoms. The lowest BCUT2D eigenvalue weighted by atomic mass is 10.1. The molecule has 1 aromatic carbocycles. The summed E-state index contributed by atoms with van der Waals surface area (Å²) in [7, 11) is 0. The van der Waals surface area contributed by atoms with Crippen LogP contribution in [0.3, 0.4) is 0 Å². The largest absolute Gasteiger partial charge is 0.492 e. The van der Waals surface area contributed by atoms with Crippen molar-refractivity contribution in [3.05, 3.63) is 65.7 Å². The number of amides is 2. The first-order chi connectivity index (χ1) is 19.7. The molecule has 2 amide bonds. The lowest BCUT2D eigenvalue weighted by Crippen LogP contribution is -2.43. The van der Waals surface area contributed by atoms with Crippen LogP contribution in [0.1, 0.15) is 26.4 Å². The van der Waals surface area contributed by atoms with E-state index in [1.807, 2.05) is 18.2 Å². The Hall–Kier alpha value is -4.13. The molecule has 0 atom stereocenters. The molecular formula is C28H32N8O4. The van der Waals surface area contributed by atoms with Crippen molar-refractivity contribution in [1.29, 1.82) is 0 Å². The summed E-state index contributed by atoms with van der Waals surface area (Å²) in [5.74, 6) is 0.206. The Kier molecular flexibility index (Phi) is 7.80. The zero-order valence-corrected chi connectivity index (χ0v) is 22.2. The number of hydrogen-bond acceptors (Lipinski definition) is 10. The molecule has 0 radical (unpaired) electrons. The lowest BCUT2D eigenvalue weighted by molar-refractivity contribution is 0.0322. The van der Waals surface area contributed by atoms with Crippen LogP contribution in [0.25, 0.3) is 0 Å². The van der Waals surface area contributed by atoms with Crippen molar-refractivity contribution in [1.82, 2.24) is 25.2 Å². The summed E-state index contributed by atoms with van der Waals surface area (Å²) in [4.78, 5) is 45.4. The van der Waals surface area contributed by atoms with E-state index in [0.29, 0.717) is 30.2 Å². The number of fused-ring (bicyclic) bond motifs is 1. The van der Waals surface area contributed by atoms with Crippen molar-refractivity contribution >= 4 is 29.1 Å². The fourth-order valence-corrected chi connectivity index (χ4v) is 5.10. The molecule has 0 unspecified atom stereocenters. The van der Waals surface area contributed by atoms with Crippen molar-refractivity contribution in [3.63, 3.8) is 0 Å². The van der Waals surface area contributed by atoms with Crippen LogP contribution in [0.15, 0.2) is 48.9 Å². The average molecular weight is 545 g/mol. The number of morpholine rings is 1. The van der Waals surface area contributed by atoms with E-state index in [1.54, 1.807) is 18.5 Å². The first kappa shape index (κ1) is 26.1. The van der Waals surface area contributed by atoms with Gasteiger partial charge in [0.25, 0.3) is 11.8 Å². The number of nitrogens with one attached hydrogen (secondary N) is 2. The van der Waals surface area contributed by atoms with Gasteiger partial charge in [0.15, 0.2) is 0 Å². The molecule has 2 fully saturated rings. The standard InChI is InChI=1S/C28H32N8O4/c37-26(32-24-18-30-5-4-25(24)35-9-7-29-8-10-35)23-3-6-31-28(33-23)36-19-20-1-2-21(17-22(20)27(36)38)40-16-13-34-11-14-39-15-12-34/h1-6,17-18,29H,7-16,19H2,(H,32,37). The predicted molar refractivity (Wildman–Crippen MR) is 149 cm³/mol. The second-order valence-electron chi connectivity index (χ2n) is 9.84. The molecule has 0 saturated carbocycles. The van der Waals surface area contributed by atoms with Gasteiger partial charge < -0.3 is 25.0 Å². The first-order valence-electron chi connectivity index (χ1n) is 13.6. The van der Waals surface area contributed by atoms with Gasteiger partial charge in [-0.15, -0.1) is 0 Å². The van der Waals surface area contributed by atoms with Gasteiger partial charge in [0, 0.05) is 63.8 Å². The molecule has 12 nitrogen and oxygen atoms in total. The highest BCUT2D eigenvalue weighted by atomic mass is 16.5. The minimum Gasteiger partial charge on any atom is -0.492 e. The van der Waals surface area contributed by atoms with Gasteiger partial charge in [0.1, 0.15) is 18.1 Å². The number of benzene rings is 1. The maximum Gasteiger partial charge on any atom is 0.274 e. The summed E-state index contributed by atoms with van der Waals surface area (Å²) in [6, 6.07) is 8.98. The Morgan fingerprint density at radius 1 is 1.07 bits per heavy atom. The number of hydrogen-bond donors (Lipinski definition) is 2. The van der Waals surface area contributed by atoms with Crippen LogP contribution in [0.5, 0.6) is 5.75 Å². The number of nitrogens with zero attached hydrogens (tertiary/aromatic N) is 6. The minimum atomic E-state index is -0.395. The van der Waals surface area contributed by atoms with Crippen LogP contribution >= 0.6 is 0 Å². The van der Waals surface area contributed by atoms with Gasteiger partial charge in [-0.2, -0.15) is 0 Å². The monoisotopic (exact) mass is 544 g/mol. The van der Waals surface area contributed by atoms with Gasteiger partial charge >= 0.3 is 0 Å². The highest BCUT2D eigenvalue weighted by molar-refractivity contribution is 6.10. The Bertz CT molecular complexity index is 1370. The third-order valence-corrected chi connectivity index (χ3v) is 7.29. The number of ether oxygens (including phenoxy) is 2. The van der Waals surface area contributed by atoms with Crippen LogP contribution < -0.4 is 25.2 Å². The van der Waals surface area contributed by atoms with E-state index in [-0.39, 0.29) is 17.5 Å². The van der Waals surface area contributed by atoms with Crippen LogP contribution in [-0.4, -0.2) is 97.3 Å². The van der Waals surface area contributed by atoms with Gasteiger partial charge in [-0.05, 0) is 29.8 Å². The molecule has 2 saturated heterocycles. The highest BCUT2D eigenvalue weighted by Gasteiger charge is 2.31. The second kappa shape index (κ2) is 11.9. The summed E-state index contributed by atoms with van der Waals surface area (Å²) >= 11 is 0. The number of carbonyl (C=O) groups excluding carboxylic acids is 2. The summed E-state index contributed by atoms with van der Waals surface area (Å²) in [5.41, 5.74) is 3.10. The summed E-state index contributed by atoms with van der Waals surface area (Å²) in [5, 5.41) is 6.27. The third-order valence-electron chi connectivity index (χ3n) is 7.29. The number of aromatic nitrogens is 3. The summed E-state index contributed by atoms with van der Waals surface area (Å²) < 4.78 is 11.3. The highest BCUT2D eigenvalue weighted by Crippen LogP contribution is 2.30. The van der Waals surface area contributed by atoms with Crippen molar-refractivity contribution < 1.29 is 19.1 Å². The fourth-order valence-electron chi connectivity index (χ4n) is 5.10. The zero-order valence-electron chi connectivity index (χ0n) is 22.2. The van der Waals surface area contributed by atoms with Crippen LogP contribution in [-0.2, 0) is 11.3 Å². The molecule has 0 bridgehead atoms. The van der Waals surface area contributed by atoms with Gasteiger partial charge in [-0.25, -0.2) is 9.97 Å². The van der Waals surface area contributed by atoms with E-state index in [0.717, 1.165) is 70.3 Å². The molecule has 208 valence electrons. The average Bonchev–Trinajstić information content (AvgIpc) is 3.34. The first-order valence-corrected chi connectivity index (χ1v) is 13.6. The maximum absolute atomic E-state index is 13.3. The van der Waals surface area contributed by atoms with Crippen molar-refractivity contribution in [2.24, 2.45) is 0 Å². The van der Waals surface area contributed by atoms with Crippen LogP contribution in [0.2, 0.25) is 0 Å². The van der Waals surface area contributed by atoms with E-state index in [9.17, 15) is 9.59 Å². The Morgan fingerprint density at radius 2 is 1.93 bits per heavy atom. The van der Waals surface area contributed by atoms with E-state index < -0.39 is 5.91 Å². The molecule has 3 aliphatic rings. The van der Waals surface area contributed by atoms with Crippen LogP contribution in [0.4, 0.5) is 17.3 Å². The van der Waals surface area contributed by atoms with Crippen molar-refractivity contribution in [2.75, 3.05) is 80.8 Å². The molecule has 2 aromatic heterocycles. The number of piperazine rings is 1.